The predicted octanol–water partition coefficient (Wildman–Crippen LogP) is 10.1. The van der Waals surface area contributed by atoms with E-state index in [2.05, 4.69) is 48.9 Å². The minimum atomic E-state index is 0. The van der Waals surface area contributed by atoms with Crippen molar-refractivity contribution in [3.8, 4) is 0 Å². The maximum Gasteiger partial charge on any atom is 0.0404 e. The molecule has 0 saturated heterocycles. The number of aromatic nitrogens is 2. The fraction of sp³-hybridized carbons (Fsp3) is 0.630. The Balaban J connectivity index is -0.0000000382. The molecule has 29 heavy (non-hydrogen) atoms. The van der Waals surface area contributed by atoms with Crippen LogP contribution in [0.3, 0.4) is 0 Å². The van der Waals surface area contributed by atoms with Crippen LogP contribution in [0.5, 0.6) is 0 Å². The predicted molar refractivity (Wildman–Crippen MR) is 144 cm³/mol. The summed E-state index contributed by atoms with van der Waals surface area (Å²) in [6.07, 6.45) is 4.92. The van der Waals surface area contributed by atoms with Crippen molar-refractivity contribution in [2.24, 2.45) is 0 Å². The maximum atomic E-state index is 4.41. The molecule has 2 heterocycles. The third-order valence-corrected chi connectivity index (χ3v) is 2.68. The number of pyridine rings is 2. The van der Waals surface area contributed by atoms with Crippen LogP contribution < -0.4 is 0 Å². The molecule has 0 aliphatic carbocycles. The zero-order valence-corrected chi connectivity index (χ0v) is 21.6. The number of aryl methyl sites for hydroxylation is 3. The van der Waals surface area contributed by atoms with Gasteiger partial charge in [-0.15, -0.1) is 0 Å². The van der Waals surface area contributed by atoms with E-state index in [9.17, 15) is 0 Å². The van der Waals surface area contributed by atoms with E-state index in [1.54, 1.807) is 0 Å². The van der Waals surface area contributed by atoms with Crippen molar-refractivity contribution in [3.05, 3.63) is 59.7 Å². The lowest BCUT2D eigenvalue weighted by atomic mass is 10.2. The summed E-state index contributed by atoms with van der Waals surface area (Å²) < 4.78 is 0. The molecule has 0 radical (unpaired) electrons. The zero-order chi connectivity index (χ0) is 23.2. The second-order valence-corrected chi connectivity index (χ2v) is 4.00. The van der Waals surface area contributed by atoms with Gasteiger partial charge in [0.25, 0.3) is 0 Å². The molecular weight excluding hydrogens is 352 g/mol. The van der Waals surface area contributed by atoms with Gasteiger partial charge < -0.3 is 0 Å². The van der Waals surface area contributed by atoms with Crippen LogP contribution in [-0.4, -0.2) is 9.97 Å². The van der Waals surface area contributed by atoms with Gasteiger partial charge in [-0.3, -0.25) is 9.97 Å². The minimum absolute atomic E-state index is 0. The highest BCUT2D eigenvalue weighted by Crippen LogP contribution is 1.99. The molecule has 2 rings (SSSR count). The van der Waals surface area contributed by atoms with Crippen molar-refractivity contribution in [1.82, 2.24) is 9.97 Å². The minimum Gasteiger partial charge on any atom is -0.261 e. The Labute approximate surface area is 189 Å². The van der Waals surface area contributed by atoms with Crippen LogP contribution >= 0.6 is 0 Å². The average molecular weight is 415 g/mol. The number of rotatable bonds is 3. The van der Waals surface area contributed by atoms with E-state index in [0.717, 1.165) is 25.0 Å². The summed E-state index contributed by atoms with van der Waals surface area (Å²) in [6.45, 7) is 26.4. The van der Waals surface area contributed by atoms with Gasteiger partial charge in [0.2, 0.25) is 0 Å². The lowest BCUT2D eigenvalue weighted by Gasteiger charge is -1.97. The molecule has 0 aliphatic heterocycles. The molecular formula is C27H60N2. The first-order valence-electron chi connectivity index (χ1n) is 11.6. The monoisotopic (exact) mass is 414 g/mol. The van der Waals surface area contributed by atoms with Gasteiger partial charge in [0.05, 0.1) is 0 Å². The molecule has 0 atom stereocenters. The lowest BCUT2D eigenvalue weighted by Crippen LogP contribution is -1.91. The molecule has 178 valence electrons. The molecule has 0 aromatic carbocycles. The number of nitrogens with zero attached hydrogens (tertiary/aromatic N) is 2. The van der Waals surface area contributed by atoms with E-state index in [1.165, 1.54) is 11.4 Å². The van der Waals surface area contributed by atoms with Gasteiger partial charge in [-0.1, -0.05) is 110 Å². The molecule has 2 aromatic heterocycles. The van der Waals surface area contributed by atoms with E-state index >= 15 is 0 Å². The third-order valence-electron chi connectivity index (χ3n) is 2.68. The molecule has 0 aliphatic rings. The van der Waals surface area contributed by atoms with Crippen LogP contribution in [0.15, 0.2) is 42.6 Å². The molecule has 0 unspecified atom stereocenters. The highest BCUT2D eigenvalue weighted by molar-refractivity contribution is 5.10. The van der Waals surface area contributed by atoms with Crippen molar-refractivity contribution in [1.29, 1.82) is 0 Å². The van der Waals surface area contributed by atoms with Crippen LogP contribution in [0.2, 0.25) is 0 Å². The Kier molecular flexibility index (Phi) is 64.9. The Morgan fingerprint density at radius 2 is 0.897 bits per heavy atom. The summed E-state index contributed by atoms with van der Waals surface area (Å²) >= 11 is 0. The molecule has 0 N–H and O–H groups in total. The van der Waals surface area contributed by atoms with Crippen molar-refractivity contribution < 1.29 is 2.85 Å². The summed E-state index contributed by atoms with van der Waals surface area (Å²) in [5.74, 6) is 0. The Morgan fingerprint density at radius 1 is 0.552 bits per heavy atom. The zero-order valence-electron chi connectivity index (χ0n) is 21.6. The third kappa shape index (κ3) is 31.2. The highest BCUT2D eigenvalue weighted by atomic mass is 14.7. The molecule has 2 heteroatoms. The molecule has 0 fully saturated rings. The lowest BCUT2D eigenvalue weighted by molar-refractivity contribution is 0.955. The Morgan fingerprint density at radius 3 is 1.14 bits per heavy atom. The quantitative estimate of drug-likeness (QED) is 0.499. The van der Waals surface area contributed by atoms with Crippen molar-refractivity contribution in [2.45, 2.75) is 117 Å². The van der Waals surface area contributed by atoms with Gasteiger partial charge in [0.1, 0.15) is 0 Å². The smallest absolute Gasteiger partial charge is 0.0404 e. The van der Waals surface area contributed by atoms with E-state index in [-0.39, 0.29) is 10.3 Å². The Bertz CT molecular complexity index is 431. The summed E-state index contributed by atoms with van der Waals surface area (Å²) in [4.78, 5) is 8.51. The molecule has 0 amide bonds. The van der Waals surface area contributed by atoms with E-state index in [4.69, 9.17) is 0 Å². The van der Waals surface area contributed by atoms with Crippen LogP contribution in [-0.2, 0) is 19.3 Å². The molecule has 0 spiro atoms. The van der Waals surface area contributed by atoms with Crippen LogP contribution in [0, 0.1) is 0 Å². The SMILES string of the molecule is C.CC.CC.CC.CC.CC.CCc1cccc(CC)n1.CCc1ccccn1.[2HH].[2HH]. The standard InChI is InChI=1S/C9H13N.C7H9N.5C2H6.CH4.2H2/c1-3-8-6-5-7-9(4-2)10-8;1-2-7-5-3-4-6-8-7;5*1-2;;;/h5-7H,3-4H2,1-2H3;3-6H,2H2,1H3;5*1-2H3;1H4;2*1H/i;;;;;;;;2*1+1. The normalized spacial score (nSPS) is 6.93. The second kappa shape index (κ2) is 45.2. The van der Waals surface area contributed by atoms with E-state index in [1.807, 2.05) is 93.6 Å². The largest absolute Gasteiger partial charge is 0.261 e. The summed E-state index contributed by atoms with van der Waals surface area (Å²) in [7, 11) is 0. The van der Waals surface area contributed by atoms with Crippen molar-refractivity contribution >= 4 is 0 Å². The van der Waals surface area contributed by atoms with Gasteiger partial charge in [-0.25, -0.2) is 0 Å². The van der Waals surface area contributed by atoms with Gasteiger partial charge >= 0.3 is 0 Å². The second-order valence-electron chi connectivity index (χ2n) is 4.00. The maximum absolute atomic E-state index is 4.41. The van der Waals surface area contributed by atoms with Gasteiger partial charge in [0.15, 0.2) is 0 Å². The fourth-order valence-corrected chi connectivity index (χ4v) is 1.53. The summed E-state index contributed by atoms with van der Waals surface area (Å²) in [5.41, 5.74) is 3.55. The van der Waals surface area contributed by atoms with Crippen LogP contribution in [0.1, 0.15) is 117 Å². The number of hydrogen-bond acceptors (Lipinski definition) is 2. The van der Waals surface area contributed by atoms with Gasteiger partial charge in [-0.05, 0) is 43.5 Å². The van der Waals surface area contributed by atoms with Gasteiger partial charge in [-0.2, -0.15) is 0 Å². The molecule has 2 nitrogen and oxygen atoms in total. The van der Waals surface area contributed by atoms with Gasteiger partial charge in [0, 0.05) is 26.1 Å². The fourth-order valence-electron chi connectivity index (χ4n) is 1.53. The van der Waals surface area contributed by atoms with E-state index < -0.39 is 0 Å². The summed E-state index contributed by atoms with van der Waals surface area (Å²) in [6, 6.07) is 12.2. The van der Waals surface area contributed by atoms with Crippen LogP contribution in [0.25, 0.3) is 0 Å². The first-order chi connectivity index (χ1) is 13.8. The molecule has 2 aromatic rings. The first kappa shape index (κ1) is 41.6. The van der Waals surface area contributed by atoms with Crippen molar-refractivity contribution in [2.75, 3.05) is 0 Å². The van der Waals surface area contributed by atoms with Crippen LogP contribution in [0.4, 0.5) is 0 Å². The average Bonchev–Trinajstić information content (AvgIpc) is 2.86. The first-order valence-corrected chi connectivity index (χ1v) is 11.6. The summed E-state index contributed by atoms with van der Waals surface area (Å²) in [5, 5.41) is 0. The molecule has 0 bridgehead atoms. The molecule has 0 saturated carbocycles. The van der Waals surface area contributed by atoms with E-state index in [0.29, 0.717) is 0 Å². The highest BCUT2D eigenvalue weighted by Gasteiger charge is 1.91. The topological polar surface area (TPSA) is 25.8 Å². The van der Waals surface area contributed by atoms with Crippen molar-refractivity contribution in [3.63, 3.8) is 0 Å². The number of hydrogen-bond donors (Lipinski definition) is 0. The Hall–Kier alpha value is -1.70.